The van der Waals surface area contributed by atoms with Gasteiger partial charge in [-0.05, 0) is 51.4 Å². The van der Waals surface area contributed by atoms with Gasteiger partial charge in [-0.2, -0.15) is 12.6 Å². The first-order valence-electron chi connectivity index (χ1n) is 5.69. The van der Waals surface area contributed by atoms with Crippen molar-refractivity contribution in [3.8, 4) is 0 Å². The van der Waals surface area contributed by atoms with Crippen molar-refractivity contribution >= 4 is 12.6 Å². The summed E-state index contributed by atoms with van der Waals surface area (Å²) in [4.78, 5) is 2.64. The van der Waals surface area contributed by atoms with E-state index in [9.17, 15) is 0 Å². The van der Waals surface area contributed by atoms with Crippen molar-refractivity contribution in [1.82, 2.24) is 4.90 Å². The summed E-state index contributed by atoms with van der Waals surface area (Å²) in [5.41, 5.74) is 0. The number of likely N-dealkylation sites (tertiary alicyclic amines) is 1. The standard InChI is InChI=1S/C11H23NS/c1-11-7-6-9-12(11)8-4-2-3-5-10-13/h11,13H,2-10H2,1H3. The summed E-state index contributed by atoms with van der Waals surface area (Å²) in [7, 11) is 0. The van der Waals surface area contributed by atoms with Crippen LogP contribution in [-0.2, 0) is 0 Å². The number of hydrogen-bond acceptors (Lipinski definition) is 2. The van der Waals surface area contributed by atoms with Crippen molar-refractivity contribution in [2.75, 3.05) is 18.8 Å². The average Bonchev–Trinajstić information content (AvgIpc) is 2.52. The summed E-state index contributed by atoms with van der Waals surface area (Å²) in [6, 6.07) is 0.852. The van der Waals surface area contributed by atoms with Gasteiger partial charge in [0.15, 0.2) is 0 Å². The molecule has 1 rings (SSSR count). The maximum Gasteiger partial charge on any atom is 0.00674 e. The van der Waals surface area contributed by atoms with E-state index in [4.69, 9.17) is 0 Å². The average molecular weight is 201 g/mol. The van der Waals surface area contributed by atoms with Gasteiger partial charge < -0.3 is 4.90 Å². The molecule has 1 heterocycles. The molecule has 1 unspecified atom stereocenters. The van der Waals surface area contributed by atoms with Crippen LogP contribution in [0.4, 0.5) is 0 Å². The Labute approximate surface area is 88.3 Å². The van der Waals surface area contributed by atoms with E-state index in [1.165, 1.54) is 51.6 Å². The lowest BCUT2D eigenvalue weighted by Crippen LogP contribution is -2.27. The quantitative estimate of drug-likeness (QED) is 0.511. The molecule has 13 heavy (non-hydrogen) atoms. The first kappa shape index (κ1) is 11.4. The van der Waals surface area contributed by atoms with Crippen LogP contribution in [0.2, 0.25) is 0 Å². The maximum absolute atomic E-state index is 4.21. The van der Waals surface area contributed by atoms with Crippen LogP contribution < -0.4 is 0 Å². The van der Waals surface area contributed by atoms with Crippen molar-refractivity contribution in [2.45, 2.75) is 51.5 Å². The molecule has 1 nitrogen and oxygen atoms in total. The molecule has 0 radical (unpaired) electrons. The molecule has 78 valence electrons. The molecule has 1 aliphatic heterocycles. The summed E-state index contributed by atoms with van der Waals surface area (Å²) in [5, 5.41) is 0. The monoisotopic (exact) mass is 201 g/mol. The molecule has 0 spiro atoms. The molecule has 0 aromatic heterocycles. The predicted octanol–water partition coefficient (Wildman–Crippen LogP) is 2.96. The second-order valence-corrected chi connectivity index (χ2v) is 4.61. The summed E-state index contributed by atoms with van der Waals surface area (Å²) in [6.07, 6.45) is 8.26. The molecular weight excluding hydrogens is 178 g/mol. The van der Waals surface area contributed by atoms with Crippen LogP contribution in [0.5, 0.6) is 0 Å². The number of nitrogens with zero attached hydrogens (tertiary/aromatic N) is 1. The topological polar surface area (TPSA) is 3.24 Å². The zero-order valence-electron chi connectivity index (χ0n) is 8.84. The Bertz CT molecular complexity index is 127. The van der Waals surface area contributed by atoms with Crippen LogP contribution >= 0.6 is 12.6 Å². The summed E-state index contributed by atoms with van der Waals surface area (Å²) >= 11 is 4.21. The van der Waals surface area contributed by atoms with Crippen LogP contribution in [0.15, 0.2) is 0 Å². The van der Waals surface area contributed by atoms with Crippen LogP contribution in [-0.4, -0.2) is 29.8 Å². The molecule has 1 fully saturated rings. The highest BCUT2D eigenvalue weighted by molar-refractivity contribution is 7.80. The van der Waals surface area contributed by atoms with Crippen LogP contribution in [0.3, 0.4) is 0 Å². The fraction of sp³-hybridized carbons (Fsp3) is 1.00. The van der Waals surface area contributed by atoms with E-state index in [0.717, 1.165) is 11.8 Å². The lowest BCUT2D eigenvalue weighted by molar-refractivity contribution is 0.262. The van der Waals surface area contributed by atoms with Crippen molar-refractivity contribution in [1.29, 1.82) is 0 Å². The Hall–Kier alpha value is 0.310. The van der Waals surface area contributed by atoms with Crippen LogP contribution in [0, 0.1) is 0 Å². The minimum absolute atomic E-state index is 0.852. The Morgan fingerprint density at radius 2 is 2.00 bits per heavy atom. The molecule has 1 saturated heterocycles. The Kier molecular flexibility index (Phi) is 5.88. The molecular formula is C11H23NS. The number of unbranched alkanes of at least 4 members (excludes halogenated alkanes) is 3. The highest BCUT2D eigenvalue weighted by Crippen LogP contribution is 2.17. The fourth-order valence-corrected chi connectivity index (χ4v) is 2.33. The molecule has 1 atom stereocenters. The van der Waals surface area contributed by atoms with E-state index < -0.39 is 0 Å². The second kappa shape index (κ2) is 6.72. The molecule has 0 saturated carbocycles. The molecule has 2 heteroatoms. The van der Waals surface area contributed by atoms with E-state index in [0.29, 0.717) is 0 Å². The Morgan fingerprint density at radius 3 is 2.62 bits per heavy atom. The van der Waals surface area contributed by atoms with Gasteiger partial charge in [-0.25, -0.2) is 0 Å². The van der Waals surface area contributed by atoms with E-state index in [2.05, 4.69) is 24.5 Å². The largest absolute Gasteiger partial charge is 0.301 e. The maximum atomic E-state index is 4.21. The van der Waals surface area contributed by atoms with Crippen LogP contribution in [0.25, 0.3) is 0 Å². The molecule has 0 amide bonds. The number of rotatable bonds is 6. The van der Waals surface area contributed by atoms with Gasteiger partial charge in [-0.3, -0.25) is 0 Å². The highest BCUT2D eigenvalue weighted by atomic mass is 32.1. The van der Waals surface area contributed by atoms with Gasteiger partial charge in [0.05, 0.1) is 0 Å². The third kappa shape index (κ3) is 4.37. The Balaban J connectivity index is 1.93. The van der Waals surface area contributed by atoms with E-state index in [-0.39, 0.29) is 0 Å². The van der Waals surface area contributed by atoms with Crippen LogP contribution in [0.1, 0.15) is 45.4 Å². The lowest BCUT2D eigenvalue weighted by Gasteiger charge is -2.20. The SMILES string of the molecule is CC1CCCN1CCCCCCS. The lowest BCUT2D eigenvalue weighted by atomic mass is 10.2. The zero-order chi connectivity index (χ0) is 9.52. The summed E-state index contributed by atoms with van der Waals surface area (Å²) in [6.45, 7) is 5.03. The summed E-state index contributed by atoms with van der Waals surface area (Å²) in [5.74, 6) is 1.06. The van der Waals surface area contributed by atoms with Gasteiger partial charge in [-0.1, -0.05) is 12.8 Å². The number of thiol groups is 1. The smallest absolute Gasteiger partial charge is 0.00674 e. The normalized spacial score (nSPS) is 24.0. The molecule has 0 aromatic carbocycles. The zero-order valence-corrected chi connectivity index (χ0v) is 9.73. The first-order valence-corrected chi connectivity index (χ1v) is 6.32. The van der Waals surface area contributed by atoms with Gasteiger partial charge in [-0.15, -0.1) is 0 Å². The third-order valence-corrected chi connectivity index (χ3v) is 3.36. The van der Waals surface area contributed by atoms with Gasteiger partial charge in [0.1, 0.15) is 0 Å². The van der Waals surface area contributed by atoms with E-state index in [1.54, 1.807) is 0 Å². The van der Waals surface area contributed by atoms with Gasteiger partial charge in [0.25, 0.3) is 0 Å². The second-order valence-electron chi connectivity index (χ2n) is 4.17. The molecule has 0 aromatic rings. The molecule has 0 N–H and O–H groups in total. The van der Waals surface area contributed by atoms with E-state index in [1.807, 2.05) is 0 Å². The Morgan fingerprint density at radius 1 is 1.23 bits per heavy atom. The molecule has 0 bridgehead atoms. The van der Waals surface area contributed by atoms with E-state index >= 15 is 0 Å². The summed E-state index contributed by atoms with van der Waals surface area (Å²) < 4.78 is 0. The fourth-order valence-electron chi connectivity index (χ4n) is 2.11. The van der Waals surface area contributed by atoms with Gasteiger partial charge >= 0.3 is 0 Å². The first-order chi connectivity index (χ1) is 6.34. The third-order valence-electron chi connectivity index (χ3n) is 3.04. The van der Waals surface area contributed by atoms with Crippen molar-refractivity contribution in [3.05, 3.63) is 0 Å². The highest BCUT2D eigenvalue weighted by Gasteiger charge is 2.18. The minimum atomic E-state index is 0.852. The van der Waals surface area contributed by atoms with Gasteiger partial charge in [0, 0.05) is 6.04 Å². The molecule has 0 aliphatic carbocycles. The van der Waals surface area contributed by atoms with Gasteiger partial charge in [0.2, 0.25) is 0 Å². The molecule has 1 aliphatic rings. The van der Waals surface area contributed by atoms with Crippen molar-refractivity contribution < 1.29 is 0 Å². The number of hydrogen-bond donors (Lipinski definition) is 1. The van der Waals surface area contributed by atoms with Crippen molar-refractivity contribution in [3.63, 3.8) is 0 Å². The minimum Gasteiger partial charge on any atom is -0.301 e. The predicted molar refractivity (Wildman–Crippen MR) is 62.6 cm³/mol. The van der Waals surface area contributed by atoms with Crippen molar-refractivity contribution in [2.24, 2.45) is 0 Å².